The lowest BCUT2D eigenvalue weighted by Gasteiger charge is -2.05. The van der Waals surface area contributed by atoms with Crippen molar-refractivity contribution in [2.24, 2.45) is 5.92 Å². The van der Waals surface area contributed by atoms with Crippen molar-refractivity contribution < 1.29 is 14.6 Å². The van der Waals surface area contributed by atoms with Crippen molar-refractivity contribution in [1.82, 2.24) is 0 Å². The lowest BCUT2D eigenvalue weighted by Crippen LogP contribution is -2.08. The van der Waals surface area contributed by atoms with Crippen LogP contribution in [0.4, 0.5) is 0 Å². The van der Waals surface area contributed by atoms with Crippen molar-refractivity contribution in [3.8, 4) is 0 Å². The molecule has 0 aliphatic heterocycles. The Kier molecular flexibility index (Phi) is 2.73. The van der Waals surface area contributed by atoms with Gasteiger partial charge in [0.15, 0.2) is 0 Å². The number of carboxylic acid groups (broad SMARTS) is 1. The first kappa shape index (κ1) is 10.2. The molecule has 1 aromatic carbocycles. The molecule has 1 unspecified atom stereocenters. The molecule has 80 valence electrons. The van der Waals surface area contributed by atoms with E-state index in [1.807, 2.05) is 12.1 Å². The molecule has 1 aliphatic rings. The van der Waals surface area contributed by atoms with Gasteiger partial charge in [-0.1, -0.05) is 12.1 Å². The Morgan fingerprint density at radius 3 is 3.00 bits per heavy atom. The molecule has 15 heavy (non-hydrogen) atoms. The highest BCUT2D eigenvalue weighted by atomic mass is 16.5. The van der Waals surface area contributed by atoms with Gasteiger partial charge in [-0.05, 0) is 36.0 Å². The lowest BCUT2D eigenvalue weighted by molar-refractivity contribution is 0.0695. The molecule has 0 radical (unpaired) electrons. The summed E-state index contributed by atoms with van der Waals surface area (Å²) in [4.78, 5) is 11.0. The third kappa shape index (κ3) is 1.88. The topological polar surface area (TPSA) is 46.5 Å². The number of rotatable bonds is 3. The Labute approximate surface area is 88.7 Å². The van der Waals surface area contributed by atoms with Gasteiger partial charge in [0.1, 0.15) is 0 Å². The van der Waals surface area contributed by atoms with Crippen LogP contribution in [0.3, 0.4) is 0 Å². The summed E-state index contributed by atoms with van der Waals surface area (Å²) in [5.74, 6) is -0.393. The number of fused-ring (bicyclic) bond motifs is 1. The molecule has 1 aliphatic carbocycles. The van der Waals surface area contributed by atoms with E-state index in [-0.39, 0.29) is 0 Å². The van der Waals surface area contributed by atoms with Crippen LogP contribution in [-0.4, -0.2) is 24.8 Å². The van der Waals surface area contributed by atoms with Gasteiger partial charge in [-0.2, -0.15) is 0 Å². The van der Waals surface area contributed by atoms with Gasteiger partial charge in [-0.15, -0.1) is 0 Å². The molecule has 1 atom stereocenters. The zero-order valence-corrected chi connectivity index (χ0v) is 8.69. The van der Waals surface area contributed by atoms with E-state index in [2.05, 4.69) is 0 Å². The van der Waals surface area contributed by atoms with Crippen LogP contribution in [0.25, 0.3) is 0 Å². The molecule has 0 heterocycles. The van der Waals surface area contributed by atoms with Crippen LogP contribution in [0.15, 0.2) is 18.2 Å². The second-order valence-electron chi connectivity index (χ2n) is 3.98. The number of ether oxygens (including phenoxy) is 1. The van der Waals surface area contributed by atoms with Gasteiger partial charge in [0, 0.05) is 13.7 Å². The highest BCUT2D eigenvalue weighted by molar-refractivity contribution is 5.90. The van der Waals surface area contributed by atoms with E-state index in [0.717, 1.165) is 24.0 Å². The van der Waals surface area contributed by atoms with Crippen molar-refractivity contribution in [1.29, 1.82) is 0 Å². The second kappa shape index (κ2) is 4.03. The summed E-state index contributed by atoms with van der Waals surface area (Å²) >= 11 is 0. The lowest BCUT2D eigenvalue weighted by atomic mass is 10.0. The third-order valence-electron chi connectivity index (χ3n) is 2.91. The third-order valence-corrected chi connectivity index (χ3v) is 2.91. The van der Waals surface area contributed by atoms with E-state index in [1.54, 1.807) is 13.2 Å². The first-order valence-corrected chi connectivity index (χ1v) is 5.05. The minimum Gasteiger partial charge on any atom is -0.478 e. The van der Waals surface area contributed by atoms with Crippen molar-refractivity contribution >= 4 is 5.97 Å². The Morgan fingerprint density at radius 2 is 2.33 bits per heavy atom. The summed E-state index contributed by atoms with van der Waals surface area (Å²) in [6.07, 6.45) is 1.76. The number of carboxylic acids is 1. The molecule has 1 aromatic rings. The monoisotopic (exact) mass is 206 g/mol. The molecular formula is C12H14O3. The molecule has 2 rings (SSSR count). The Bertz CT molecular complexity index is 384. The molecule has 3 nitrogen and oxygen atoms in total. The summed E-state index contributed by atoms with van der Waals surface area (Å²) in [5.41, 5.74) is 2.61. The van der Waals surface area contributed by atoms with Gasteiger partial charge in [0.05, 0.1) is 5.56 Å². The number of aromatic carboxylic acids is 1. The summed E-state index contributed by atoms with van der Waals surface area (Å²) < 4.78 is 5.11. The maximum absolute atomic E-state index is 11.0. The molecule has 0 spiro atoms. The van der Waals surface area contributed by atoms with Crippen molar-refractivity contribution in [3.05, 3.63) is 34.9 Å². The largest absolute Gasteiger partial charge is 0.478 e. The zero-order valence-electron chi connectivity index (χ0n) is 8.69. The first-order chi connectivity index (χ1) is 7.22. The maximum Gasteiger partial charge on any atom is 0.335 e. The number of benzene rings is 1. The second-order valence-corrected chi connectivity index (χ2v) is 3.98. The number of carbonyl (C=O) groups is 1. The van der Waals surface area contributed by atoms with E-state index in [0.29, 0.717) is 18.1 Å². The van der Waals surface area contributed by atoms with Crippen LogP contribution in [0.2, 0.25) is 0 Å². The minimum absolute atomic E-state index is 0.436. The van der Waals surface area contributed by atoms with Gasteiger partial charge in [0.2, 0.25) is 0 Å². The van der Waals surface area contributed by atoms with Gasteiger partial charge in [0.25, 0.3) is 0 Å². The van der Waals surface area contributed by atoms with E-state index >= 15 is 0 Å². The Hall–Kier alpha value is -1.35. The molecule has 0 fully saturated rings. The van der Waals surface area contributed by atoms with E-state index in [1.165, 1.54) is 0 Å². The SMILES string of the molecule is COCC1Cc2cccc(C(=O)O)c2C1. The average Bonchev–Trinajstić information content (AvgIpc) is 2.59. The minimum atomic E-state index is -0.829. The van der Waals surface area contributed by atoms with Crippen LogP contribution < -0.4 is 0 Å². The molecule has 3 heteroatoms. The number of hydrogen-bond donors (Lipinski definition) is 1. The van der Waals surface area contributed by atoms with Gasteiger partial charge in [-0.25, -0.2) is 4.79 Å². The van der Waals surface area contributed by atoms with E-state index in [4.69, 9.17) is 9.84 Å². The fraction of sp³-hybridized carbons (Fsp3) is 0.417. The molecule has 0 amide bonds. The predicted octanol–water partition coefficient (Wildman–Crippen LogP) is 1.75. The average molecular weight is 206 g/mol. The quantitative estimate of drug-likeness (QED) is 0.819. The van der Waals surface area contributed by atoms with Crippen LogP contribution in [-0.2, 0) is 17.6 Å². The van der Waals surface area contributed by atoms with Gasteiger partial charge >= 0.3 is 5.97 Å². The Balaban J connectivity index is 2.29. The number of hydrogen-bond acceptors (Lipinski definition) is 2. The fourth-order valence-corrected chi connectivity index (χ4v) is 2.29. The summed E-state index contributed by atoms with van der Waals surface area (Å²) in [7, 11) is 1.68. The van der Waals surface area contributed by atoms with Crippen LogP contribution in [0, 0.1) is 5.92 Å². The summed E-state index contributed by atoms with van der Waals surface area (Å²) in [6, 6.07) is 5.51. The van der Waals surface area contributed by atoms with Gasteiger partial charge < -0.3 is 9.84 Å². The predicted molar refractivity (Wildman–Crippen MR) is 56.2 cm³/mol. The molecule has 0 saturated heterocycles. The molecular weight excluding hydrogens is 192 g/mol. The fourth-order valence-electron chi connectivity index (χ4n) is 2.29. The first-order valence-electron chi connectivity index (χ1n) is 5.05. The van der Waals surface area contributed by atoms with Gasteiger partial charge in [-0.3, -0.25) is 0 Å². The van der Waals surface area contributed by atoms with E-state index in [9.17, 15) is 4.79 Å². The highest BCUT2D eigenvalue weighted by Gasteiger charge is 2.25. The highest BCUT2D eigenvalue weighted by Crippen LogP contribution is 2.29. The van der Waals surface area contributed by atoms with Crippen molar-refractivity contribution in [3.63, 3.8) is 0 Å². The van der Waals surface area contributed by atoms with E-state index < -0.39 is 5.97 Å². The molecule has 0 bridgehead atoms. The molecule has 1 N–H and O–H groups in total. The normalized spacial score (nSPS) is 18.9. The molecule has 0 aromatic heterocycles. The summed E-state index contributed by atoms with van der Waals surface area (Å²) in [6.45, 7) is 0.702. The Morgan fingerprint density at radius 1 is 1.53 bits per heavy atom. The van der Waals surface area contributed by atoms with Crippen molar-refractivity contribution in [2.45, 2.75) is 12.8 Å². The smallest absolute Gasteiger partial charge is 0.335 e. The zero-order chi connectivity index (χ0) is 10.8. The molecule has 0 saturated carbocycles. The maximum atomic E-state index is 11.0. The van der Waals surface area contributed by atoms with Crippen LogP contribution in [0.5, 0.6) is 0 Å². The summed E-state index contributed by atoms with van der Waals surface area (Å²) in [5, 5.41) is 9.03. The van der Waals surface area contributed by atoms with Crippen LogP contribution >= 0.6 is 0 Å². The number of methoxy groups -OCH3 is 1. The van der Waals surface area contributed by atoms with Crippen LogP contribution in [0.1, 0.15) is 21.5 Å². The standard InChI is InChI=1S/C12H14O3/c1-15-7-8-5-9-3-2-4-10(12(13)14)11(9)6-8/h2-4,8H,5-7H2,1H3,(H,13,14). The van der Waals surface area contributed by atoms with Crippen molar-refractivity contribution in [2.75, 3.05) is 13.7 Å².